The molecule has 4 aromatic rings. The van der Waals surface area contributed by atoms with Crippen molar-refractivity contribution in [2.45, 2.75) is 14.1 Å². The fourth-order valence-electron chi connectivity index (χ4n) is 2.83. The van der Waals surface area contributed by atoms with Gasteiger partial charge >= 0.3 is 0 Å². The van der Waals surface area contributed by atoms with E-state index in [1.165, 1.54) is 47.7 Å². The Kier molecular flexibility index (Phi) is 5.89. The molecule has 0 radical (unpaired) electrons. The topological polar surface area (TPSA) is 73.1 Å². The molecule has 4 rings (SSSR count). The third-order valence-electron chi connectivity index (χ3n) is 4.21. The van der Waals surface area contributed by atoms with Crippen LogP contribution < -0.4 is 5.14 Å². The summed E-state index contributed by atoms with van der Waals surface area (Å²) >= 11 is 2.35. The van der Waals surface area contributed by atoms with Gasteiger partial charge in [0.2, 0.25) is 10.0 Å². The van der Waals surface area contributed by atoms with Crippen LogP contribution in [0.25, 0.3) is 21.7 Å². The molecule has 158 valence electrons. The van der Waals surface area contributed by atoms with Crippen LogP contribution in [0.1, 0.15) is 0 Å². The van der Waals surface area contributed by atoms with Crippen molar-refractivity contribution < 1.29 is 21.6 Å². The van der Waals surface area contributed by atoms with E-state index in [1.807, 2.05) is 0 Å². The van der Waals surface area contributed by atoms with Gasteiger partial charge in [0.1, 0.15) is 17.5 Å². The highest BCUT2D eigenvalue weighted by molar-refractivity contribution is 8.01. The van der Waals surface area contributed by atoms with Crippen LogP contribution in [0.3, 0.4) is 0 Å². The predicted octanol–water partition coefficient (Wildman–Crippen LogP) is 5.69. The maximum Gasteiger partial charge on any atom is 0.238 e. The monoisotopic (exact) mass is 478 g/mol. The number of rotatable bonds is 5. The molecule has 0 fully saturated rings. The Morgan fingerprint density at radius 3 is 1.97 bits per heavy atom. The van der Waals surface area contributed by atoms with E-state index in [-0.39, 0.29) is 4.90 Å². The molecule has 0 aliphatic heterocycles. The number of aromatic nitrogens is 1. The van der Waals surface area contributed by atoms with Gasteiger partial charge in [-0.15, -0.1) is 11.3 Å². The molecule has 0 bridgehead atoms. The van der Waals surface area contributed by atoms with Crippen LogP contribution in [0.15, 0.2) is 80.9 Å². The molecule has 10 heteroatoms. The second kappa shape index (κ2) is 8.46. The molecule has 4 nitrogen and oxygen atoms in total. The van der Waals surface area contributed by atoms with E-state index in [4.69, 9.17) is 5.14 Å². The van der Waals surface area contributed by atoms with Crippen molar-refractivity contribution in [1.29, 1.82) is 0 Å². The fourth-order valence-corrected chi connectivity index (χ4v) is 5.56. The third-order valence-corrected chi connectivity index (χ3v) is 7.28. The molecule has 0 saturated carbocycles. The summed E-state index contributed by atoms with van der Waals surface area (Å²) in [5.74, 6) is -1.80. The quantitative estimate of drug-likeness (QED) is 0.400. The number of primary sulfonamides is 1. The van der Waals surface area contributed by atoms with E-state index in [1.54, 1.807) is 24.3 Å². The number of nitrogens with zero attached hydrogens (tertiary/aromatic N) is 1. The summed E-state index contributed by atoms with van der Waals surface area (Å²) in [4.78, 5) is 5.58. The summed E-state index contributed by atoms with van der Waals surface area (Å²) in [5.41, 5.74) is 1.84. The Morgan fingerprint density at radius 2 is 1.39 bits per heavy atom. The number of nitrogens with two attached hydrogens (primary N) is 1. The molecule has 0 aliphatic carbocycles. The molecule has 0 unspecified atom stereocenters. The molecule has 31 heavy (non-hydrogen) atoms. The van der Waals surface area contributed by atoms with Crippen LogP contribution in [0.2, 0.25) is 0 Å². The highest BCUT2D eigenvalue weighted by Crippen LogP contribution is 2.42. The average Bonchev–Trinajstić information content (AvgIpc) is 3.11. The van der Waals surface area contributed by atoms with Crippen LogP contribution in [-0.2, 0) is 10.0 Å². The minimum Gasteiger partial charge on any atom is -0.229 e. The summed E-state index contributed by atoms with van der Waals surface area (Å²) in [6.07, 6.45) is 0. The second-order valence-electron chi connectivity index (χ2n) is 6.44. The number of thiazole rings is 1. The maximum absolute atomic E-state index is 13.6. The summed E-state index contributed by atoms with van der Waals surface area (Å²) in [7, 11) is -3.84. The van der Waals surface area contributed by atoms with Crippen LogP contribution >= 0.6 is 23.1 Å². The first-order valence-electron chi connectivity index (χ1n) is 8.73. The van der Waals surface area contributed by atoms with Crippen molar-refractivity contribution in [2.75, 3.05) is 0 Å². The van der Waals surface area contributed by atoms with Gasteiger partial charge in [-0.3, -0.25) is 0 Å². The van der Waals surface area contributed by atoms with Crippen molar-refractivity contribution in [1.82, 2.24) is 4.98 Å². The maximum atomic E-state index is 13.6. The summed E-state index contributed by atoms with van der Waals surface area (Å²) in [6, 6.07) is 14.9. The van der Waals surface area contributed by atoms with Crippen LogP contribution in [0.5, 0.6) is 0 Å². The van der Waals surface area contributed by atoms with Gasteiger partial charge in [-0.2, -0.15) is 0 Å². The molecular formula is C21H13F3N2O2S3. The first-order valence-corrected chi connectivity index (χ1v) is 11.9. The van der Waals surface area contributed by atoms with Crippen LogP contribution in [0.4, 0.5) is 13.2 Å². The zero-order valence-electron chi connectivity index (χ0n) is 15.6. The van der Waals surface area contributed by atoms with Crippen molar-refractivity contribution in [3.8, 4) is 21.7 Å². The molecule has 0 atom stereocenters. The predicted molar refractivity (Wildman–Crippen MR) is 115 cm³/mol. The lowest BCUT2D eigenvalue weighted by Gasteiger charge is -2.04. The van der Waals surface area contributed by atoms with Crippen molar-refractivity contribution in [3.05, 3.63) is 84.2 Å². The number of benzene rings is 3. The first kappa shape index (κ1) is 21.6. The summed E-state index contributed by atoms with van der Waals surface area (Å²) in [5, 5.41) is 5.16. The second-order valence-corrected chi connectivity index (χ2v) is 10.3. The average molecular weight is 479 g/mol. The van der Waals surface area contributed by atoms with E-state index >= 15 is 0 Å². The molecule has 1 heterocycles. The van der Waals surface area contributed by atoms with Gasteiger partial charge in [-0.05, 0) is 54.1 Å². The van der Waals surface area contributed by atoms with E-state index in [0.29, 0.717) is 30.9 Å². The van der Waals surface area contributed by atoms with Crippen molar-refractivity contribution in [3.63, 3.8) is 0 Å². The van der Waals surface area contributed by atoms with Crippen LogP contribution in [-0.4, -0.2) is 13.4 Å². The van der Waals surface area contributed by atoms with Crippen LogP contribution in [0, 0.1) is 17.5 Å². The molecule has 0 spiro atoms. The number of sulfonamides is 1. The van der Waals surface area contributed by atoms with Crippen molar-refractivity contribution in [2.24, 2.45) is 5.14 Å². The minimum absolute atomic E-state index is 0.0334. The Morgan fingerprint density at radius 1 is 0.806 bits per heavy atom. The van der Waals surface area contributed by atoms with E-state index < -0.39 is 27.5 Å². The Bertz CT molecular complexity index is 1330. The molecule has 1 aromatic heterocycles. The van der Waals surface area contributed by atoms with E-state index in [9.17, 15) is 21.6 Å². The van der Waals surface area contributed by atoms with E-state index in [2.05, 4.69) is 4.98 Å². The first-order chi connectivity index (χ1) is 14.7. The lowest BCUT2D eigenvalue weighted by Crippen LogP contribution is -2.11. The lowest BCUT2D eigenvalue weighted by molar-refractivity contribution is 0.577. The van der Waals surface area contributed by atoms with Gasteiger partial charge in [-0.1, -0.05) is 23.9 Å². The third kappa shape index (κ3) is 4.99. The Hall–Kier alpha value is -2.66. The molecule has 0 amide bonds. The minimum atomic E-state index is -3.84. The molecule has 2 N–H and O–H groups in total. The van der Waals surface area contributed by atoms with E-state index in [0.717, 1.165) is 17.8 Å². The van der Waals surface area contributed by atoms with Gasteiger partial charge in [0.15, 0.2) is 4.34 Å². The zero-order valence-corrected chi connectivity index (χ0v) is 18.0. The standard InChI is InChI=1S/C21H13F3N2O2S3/c22-14-5-1-12(2-6-14)19-20(13-3-7-18(8-4-13)31(25,27)28)30-21(26-19)29-17-10-15(23)9-16(24)11-17/h1-11H,(H2,25,27,28). The Labute approximate surface area is 184 Å². The summed E-state index contributed by atoms with van der Waals surface area (Å²) in [6.45, 7) is 0. The molecule has 0 saturated heterocycles. The number of halogens is 3. The SMILES string of the molecule is NS(=O)(=O)c1ccc(-c2sc(Sc3cc(F)cc(F)c3)nc2-c2ccc(F)cc2)cc1. The molecule has 0 aliphatic rings. The number of hydrogen-bond acceptors (Lipinski definition) is 5. The normalized spacial score (nSPS) is 11.6. The highest BCUT2D eigenvalue weighted by Gasteiger charge is 2.17. The lowest BCUT2D eigenvalue weighted by atomic mass is 10.1. The highest BCUT2D eigenvalue weighted by atomic mass is 32.2. The number of hydrogen-bond donors (Lipinski definition) is 1. The fraction of sp³-hybridized carbons (Fsp3) is 0. The van der Waals surface area contributed by atoms with Gasteiger partial charge in [0.05, 0.1) is 15.5 Å². The Balaban J connectivity index is 1.79. The van der Waals surface area contributed by atoms with Gasteiger partial charge < -0.3 is 0 Å². The summed E-state index contributed by atoms with van der Waals surface area (Å²) < 4.78 is 64.1. The van der Waals surface area contributed by atoms with Crippen molar-refractivity contribution >= 4 is 33.1 Å². The van der Waals surface area contributed by atoms with Gasteiger partial charge in [-0.25, -0.2) is 31.7 Å². The van der Waals surface area contributed by atoms with Gasteiger partial charge in [0, 0.05) is 16.5 Å². The zero-order chi connectivity index (χ0) is 22.2. The largest absolute Gasteiger partial charge is 0.238 e. The molecule has 3 aromatic carbocycles. The van der Waals surface area contributed by atoms with Gasteiger partial charge in [0.25, 0.3) is 0 Å². The smallest absolute Gasteiger partial charge is 0.229 e. The molecular weight excluding hydrogens is 465 g/mol.